The summed E-state index contributed by atoms with van der Waals surface area (Å²) in [7, 11) is 3.56. The van der Waals surface area contributed by atoms with Gasteiger partial charge in [0.15, 0.2) is 18.0 Å². The molecule has 1 saturated heterocycles. The van der Waals surface area contributed by atoms with Crippen LogP contribution in [0.15, 0.2) is 16.0 Å². The van der Waals surface area contributed by atoms with E-state index in [-0.39, 0.29) is 11.6 Å². The van der Waals surface area contributed by atoms with Crippen molar-refractivity contribution in [2.24, 2.45) is 4.99 Å². The third-order valence-electron chi connectivity index (χ3n) is 4.06. The molecule has 12 nitrogen and oxygen atoms in total. The summed E-state index contributed by atoms with van der Waals surface area (Å²) in [6, 6.07) is 0. The normalized spacial score (nSPS) is 24.1. The molecule has 1 fully saturated rings. The number of ether oxygens (including phenoxy) is 3. The monoisotopic (exact) mass is 441 g/mol. The molecule has 0 radical (unpaired) electrons. The summed E-state index contributed by atoms with van der Waals surface area (Å²) in [6.07, 6.45) is -3.49. The number of hydrogen-bond donors (Lipinski definition) is 2. The molecule has 0 spiro atoms. The largest absolute Gasteiger partial charge is 0.509 e. The first-order valence-electron chi connectivity index (χ1n) is 9.11. The first kappa shape index (κ1) is 22.1. The fourth-order valence-corrected chi connectivity index (χ4v) is 3.63. The summed E-state index contributed by atoms with van der Waals surface area (Å²) in [6.45, 7) is 2.74. The van der Waals surface area contributed by atoms with E-state index in [1.807, 2.05) is 0 Å². The van der Waals surface area contributed by atoms with Crippen LogP contribution in [0.2, 0.25) is 0 Å². The maximum Gasteiger partial charge on any atom is 0.509 e. The second-order valence-electron chi connectivity index (χ2n) is 7.04. The topological polar surface area (TPSA) is 149 Å². The number of hydrogen-bond acceptors (Lipinski definition) is 11. The van der Waals surface area contributed by atoms with Gasteiger partial charge in [0.2, 0.25) is 0 Å². The lowest BCUT2D eigenvalue weighted by Gasteiger charge is -2.21. The molecule has 2 N–H and O–H groups in total. The highest BCUT2D eigenvalue weighted by Gasteiger charge is 2.48. The van der Waals surface area contributed by atoms with Crippen LogP contribution in [0.5, 0.6) is 0 Å². The Morgan fingerprint density at radius 1 is 1.50 bits per heavy atom. The summed E-state index contributed by atoms with van der Waals surface area (Å²) in [4.78, 5) is 38.4. The van der Waals surface area contributed by atoms with Gasteiger partial charge in [0, 0.05) is 14.1 Å². The van der Waals surface area contributed by atoms with Crippen molar-refractivity contribution in [1.29, 1.82) is 0 Å². The first-order valence-corrected chi connectivity index (χ1v) is 9.93. The van der Waals surface area contributed by atoms with E-state index in [1.54, 1.807) is 32.8 Å². The maximum absolute atomic E-state index is 12.7. The first-order chi connectivity index (χ1) is 14.2. The average Bonchev–Trinajstić information content (AvgIpc) is 3.15. The zero-order valence-electron chi connectivity index (χ0n) is 16.8. The number of carbonyl (C=O) groups is 1. The van der Waals surface area contributed by atoms with Crippen LogP contribution in [-0.2, 0) is 14.2 Å². The number of aromatic nitrogens is 3. The molecule has 1 aliphatic heterocycles. The van der Waals surface area contributed by atoms with Crippen LogP contribution < -0.4 is 4.87 Å². The van der Waals surface area contributed by atoms with Crippen molar-refractivity contribution in [1.82, 2.24) is 19.4 Å². The predicted molar refractivity (Wildman–Crippen MR) is 107 cm³/mol. The highest BCUT2D eigenvalue weighted by molar-refractivity contribution is 7.16. The van der Waals surface area contributed by atoms with Crippen LogP contribution in [-0.4, -0.2) is 87.3 Å². The average molecular weight is 441 g/mol. The molecule has 1 aliphatic rings. The van der Waals surface area contributed by atoms with Crippen LogP contribution in [0.4, 0.5) is 10.7 Å². The van der Waals surface area contributed by atoms with Gasteiger partial charge >= 0.3 is 11.0 Å². The van der Waals surface area contributed by atoms with Gasteiger partial charge in [0.05, 0.1) is 29.9 Å². The molecule has 4 atom stereocenters. The minimum Gasteiger partial charge on any atom is -0.432 e. The molecule has 2 aromatic rings. The lowest BCUT2D eigenvalue weighted by atomic mass is 10.1. The second-order valence-corrected chi connectivity index (χ2v) is 8.03. The van der Waals surface area contributed by atoms with E-state index in [0.29, 0.717) is 4.70 Å². The standard InChI is InChI=1S/C17H23N5O7S/c1-8(2)27-17(26)29-12-11(24)9(6-23)28-14(12)22-13-10(30-16(22)25)5-18-15(20-13)19-7-21(3)4/h5,7-9,11-12,14,23-24H,6H2,1-4H3/b19-7+. The Kier molecular flexibility index (Phi) is 6.65. The molecular weight excluding hydrogens is 418 g/mol. The Bertz CT molecular complexity index is 989. The van der Waals surface area contributed by atoms with Crippen molar-refractivity contribution in [3.8, 4) is 0 Å². The van der Waals surface area contributed by atoms with Gasteiger partial charge in [0.25, 0.3) is 5.95 Å². The SMILES string of the molecule is CC(C)OC(=O)OC1C(O)C(CO)OC1n1c(=O)sc2cnc(/N=C/N(C)C)nc21. The number of nitrogens with zero attached hydrogens (tertiary/aromatic N) is 5. The Hall–Kier alpha value is -2.61. The van der Waals surface area contributed by atoms with E-state index in [1.165, 1.54) is 12.5 Å². The van der Waals surface area contributed by atoms with Gasteiger partial charge < -0.3 is 29.3 Å². The number of thiazole rings is 1. The predicted octanol–water partition coefficient (Wildman–Crippen LogP) is 0.255. The molecule has 3 heterocycles. The second kappa shape index (κ2) is 9.04. The Labute approximate surface area is 175 Å². The van der Waals surface area contributed by atoms with Gasteiger partial charge in [0.1, 0.15) is 12.2 Å². The molecule has 13 heteroatoms. The van der Waals surface area contributed by atoms with Crippen LogP contribution in [0.1, 0.15) is 20.1 Å². The number of aliphatic hydroxyl groups is 2. The summed E-state index contributed by atoms with van der Waals surface area (Å²) in [5.41, 5.74) is 0.201. The Morgan fingerprint density at radius 2 is 2.23 bits per heavy atom. The lowest BCUT2D eigenvalue weighted by Crippen LogP contribution is -2.38. The van der Waals surface area contributed by atoms with Gasteiger partial charge in [-0.15, -0.1) is 0 Å². The third-order valence-corrected chi connectivity index (χ3v) is 4.94. The van der Waals surface area contributed by atoms with Crippen LogP contribution in [0, 0.1) is 0 Å². The van der Waals surface area contributed by atoms with Crippen LogP contribution in [0.25, 0.3) is 10.3 Å². The Balaban J connectivity index is 2.02. The smallest absolute Gasteiger partial charge is 0.432 e. The van der Waals surface area contributed by atoms with Gasteiger partial charge in [-0.1, -0.05) is 11.3 Å². The van der Waals surface area contributed by atoms with E-state index < -0.39 is 48.3 Å². The number of fused-ring (bicyclic) bond motifs is 1. The molecule has 0 amide bonds. The maximum atomic E-state index is 12.7. The van der Waals surface area contributed by atoms with E-state index in [2.05, 4.69) is 15.0 Å². The van der Waals surface area contributed by atoms with Crippen LogP contribution in [0.3, 0.4) is 0 Å². The van der Waals surface area contributed by atoms with Gasteiger partial charge in [-0.25, -0.2) is 14.8 Å². The number of rotatable bonds is 6. The number of carbonyl (C=O) groups excluding carboxylic acids is 1. The van der Waals surface area contributed by atoms with Crippen molar-refractivity contribution in [3.05, 3.63) is 15.9 Å². The highest BCUT2D eigenvalue weighted by Crippen LogP contribution is 2.34. The van der Waals surface area contributed by atoms with Crippen molar-refractivity contribution in [2.75, 3.05) is 20.7 Å². The van der Waals surface area contributed by atoms with Crippen molar-refractivity contribution < 1.29 is 29.2 Å². The molecule has 0 aliphatic carbocycles. The molecule has 2 aromatic heterocycles. The minimum absolute atomic E-state index is 0.108. The summed E-state index contributed by atoms with van der Waals surface area (Å²) >= 11 is 0.865. The van der Waals surface area contributed by atoms with Crippen molar-refractivity contribution in [2.45, 2.75) is 44.5 Å². The summed E-state index contributed by atoms with van der Waals surface area (Å²) in [5, 5.41) is 20.0. The zero-order chi connectivity index (χ0) is 22.0. The molecular formula is C17H23N5O7S. The number of aliphatic imine (C=N–C) groups is 1. The van der Waals surface area contributed by atoms with E-state index in [0.717, 1.165) is 15.9 Å². The Morgan fingerprint density at radius 3 is 2.87 bits per heavy atom. The minimum atomic E-state index is -1.38. The summed E-state index contributed by atoms with van der Waals surface area (Å²) in [5.74, 6) is 0.108. The molecule has 0 bridgehead atoms. The highest BCUT2D eigenvalue weighted by atomic mass is 32.1. The molecule has 0 aromatic carbocycles. The van der Waals surface area contributed by atoms with E-state index in [9.17, 15) is 19.8 Å². The fourth-order valence-electron chi connectivity index (χ4n) is 2.82. The van der Waals surface area contributed by atoms with Crippen molar-refractivity contribution in [3.63, 3.8) is 0 Å². The summed E-state index contributed by atoms with van der Waals surface area (Å²) < 4.78 is 17.4. The zero-order valence-corrected chi connectivity index (χ0v) is 17.6. The number of aliphatic hydroxyl groups excluding tert-OH is 2. The van der Waals surface area contributed by atoms with Gasteiger partial charge in [-0.3, -0.25) is 9.36 Å². The third kappa shape index (κ3) is 4.59. The molecule has 3 rings (SSSR count). The van der Waals surface area contributed by atoms with E-state index in [4.69, 9.17) is 14.2 Å². The van der Waals surface area contributed by atoms with E-state index >= 15 is 0 Å². The molecule has 0 saturated carbocycles. The quantitative estimate of drug-likeness (QED) is 0.363. The lowest BCUT2D eigenvalue weighted by molar-refractivity contribution is -0.0673. The van der Waals surface area contributed by atoms with Gasteiger partial charge in [-0.05, 0) is 13.8 Å². The van der Waals surface area contributed by atoms with Crippen LogP contribution >= 0.6 is 11.3 Å². The fraction of sp³-hybridized carbons (Fsp3) is 0.588. The molecule has 164 valence electrons. The van der Waals surface area contributed by atoms with Crippen molar-refractivity contribution >= 4 is 40.1 Å². The molecule has 30 heavy (non-hydrogen) atoms. The molecule has 4 unspecified atom stereocenters. The van der Waals surface area contributed by atoms with Gasteiger partial charge in [-0.2, -0.15) is 4.98 Å².